The number of nitrogens with zero attached hydrogens (tertiary/aromatic N) is 1. The van der Waals surface area contributed by atoms with E-state index in [-0.39, 0.29) is 12.5 Å². The van der Waals surface area contributed by atoms with Crippen LogP contribution >= 0.6 is 0 Å². The van der Waals surface area contributed by atoms with Gasteiger partial charge in [-0.3, -0.25) is 9.69 Å². The van der Waals surface area contributed by atoms with Crippen LogP contribution in [0.5, 0.6) is 0 Å². The maximum absolute atomic E-state index is 12.3. The van der Waals surface area contributed by atoms with E-state index in [2.05, 4.69) is 5.32 Å². The normalized spacial score (nSPS) is 24.5. The molecular formula is C14H18N2O3. The molecule has 1 aliphatic rings. The van der Waals surface area contributed by atoms with E-state index in [0.29, 0.717) is 6.42 Å². The van der Waals surface area contributed by atoms with Crippen molar-refractivity contribution in [2.24, 2.45) is 0 Å². The number of hydrogen-bond donors (Lipinski definition) is 2. The zero-order valence-corrected chi connectivity index (χ0v) is 11.1. The van der Waals surface area contributed by atoms with Gasteiger partial charge in [0.1, 0.15) is 5.54 Å². The molecule has 2 N–H and O–H groups in total. The van der Waals surface area contributed by atoms with Gasteiger partial charge in [-0.25, -0.2) is 4.79 Å². The second-order valence-electron chi connectivity index (χ2n) is 5.19. The van der Waals surface area contributed by atoms with E-state index in [4.69, 9.17) is 0 Å². The predicted octanol–water partition coefficient (Wildman–Crippen LogP) is 0.920. The van der Waals surface area contributed by atoms with Crippen LogP contribution in [0.15, 0.2) is 30.3 Å². The molecule has 2 atom stereocenters. The average molecular weight is 262 g/mol. The fraction of sp³-hybridized carbons (Fsp3) is 0.429. The van der Waals surface area contributed by atoms with Crippen LogP contribution in [0.3, 0.4) is 0 Å². The molecule has 1 heterocycles. The van der Waals surface area contributed by atoms with Crippen LogP contribution < -0.4 is 5.32 Å². The van der Waals surface area contributed by atoms with Gasteiger partial charge >= 0.3 is 6.03 Å². The summed E-state index contributed by atoms with van der Waals surface area (Å²) in [6.07, 6.45) is -0.289. The maximum atomic E-state index is 12.3. The fourth-order valence-electron chi connectivity index (χ4n) is 2.30. The van der Waals surface area contributed by atoms with Gasteiger partial charge in [0.05, 0.1) is 12.6 Å². The van der Waals surface area contributed by atoms with Crippen molar-refractivity contribution in [2.45, 2.75) is 31.9 Å². The Balaban J connectivity index is 2.16. The summed E-state index contributed by atoms with van der Waals surface area (Å²) in [7, 11) is 0. The van der Waals surface area contributed by atoms with Gasteiger partial charge in [-0.1, -0.05) is 30.3 Å². The van der Waals surface area contributed by atoms with Crippen molar-refractivity contribution in [3.05, 3.63) is 35.9 Å². The predicted molar refractivity (Wildman–Crippen MR) is 70.5 cm³/mol. The van der Waals surface area contributed by atoms with Crippen LogP contribution in [0.1, 0.15) is 19.4 Å². The van der Waals surface area contributed by atoms with Crippen LogP contribution in [0, 0.1) is 0 Å². The Morgan fingerprint density at radius 3 is 2.53 bits per heavy atom. The third-order valence-electron chi connectivity index (χ3n) is 3.19. The zero-order chi connectivity index (χ0) is 14.0. The SMILES string of the molecule is CC(O)CN1C(=O)NC(C)(Cc2ccccc2)C1=O. The Bertz CT molecular complexity index is 487. The molecule has 1 aromatic rings. The van der Waals surface area contributed by atoms with E-state index in [1.807, 2.05) is 30.3 Å². The monoisotopic (exact) mass is 262 g/mol. The highest BCUT2D eigenvalue weighted by Gasteiger charge is 2.47. The number of urea groups is 1. The lowest BCUT2D eigenvalue weighted by Gasteiger charge is -2.22. The van der Waals surface area contributed by atoms with Crippen molar-refractivity contribution >= 4 is 11.9 Å². The summed E-state index contributed by atoms with van der Waals surface area (Å²) >= 11 is 0. The zero-order valence-electron chi connectivity index (χ0n) is 11.1. The Hall–Kier alpha value is -1.88. The molecule has 5 heteroatoms. The number of carbonyl (C=O) groups excluding carboxylic acids is 2. The van der Waals surface area contributed by atoms with Crippen LogP contribution in [-0.2, 0) is 11.2 Å². The molecule has 19 heavy (non-hydrogen) atoms. The molecule has 2 unspecified atom stereocenters. The van der Waals surface area contributed by atoms with E-state index >= 15 is 0 Å². The largest absolute Gasteiger partial charge is 0.392 e. The average Bonchev–Trinajstić information content (AvgIpc) is 2.54. The van der Waals surface area contributed by atoms with Crippen LogP contribution in [0.2, 0.25) is 0 Å². The van der Waals surface area contributed by atoms with Gasteiger partial charge in [-0.15, -0.1) is 0 Å². The van der Waals surface area contributed by atoms with Crippen molar-refractivity contribution in [1.29, 1.82) is 0 Å². The third kappa shape index (κ3) is 2.76. The first-order chi connectivity index (χ1) is 8.92. The molecule has 0 bridgehead atoms. The molecule has 0 aliphatic carbocycles. The van der Waals surface area contributed by atoms with Crippen molar-refractivity contribution in [2.75, 3.05) is 6.54 Å². The summed E-state index contributed by atoms with van der Waals surface area (Å²) in [4.78, 5) is 25.2. The van der Waals surface area contributed by atoms with Gasteiger partial charge in [-0.2, -0.15) is 0 Å². The van der Waals surface area contributed by atoms with Crippen molar-refractivity contribution in [3.8, 4) is 0 Å². The van der Waals surface area contributed by atoms with Crippen molar-refractivity contribution in [1.82, 2.24) is 10.2 Å². The summed E-state index contributed by atoms with van der Waals surface area (Å²) < 4.78 is 0. The lowest BCUT2D eigenvalue weighted by Crippen LogP contribution is -2.46. The van der Waals surface area contributed by atoms with E-state index in [1.165, 1.54) is 0 Å². The molecule has 1 saturated heterocycles. The molecule has 0 spiro atoms. The number of carbonyl (C=O) groups is 2. The number of benzene rings is 1. The smallest absolute Gasteiger partial charge is 0.325 e. The Morgan fingerprint density at radius 2 is 1.95 bits per heavy atom. The van der Waals surface area contributed by atoms with Gasteiger partial charge < -0.3 is 10.4 Å². The first-order valence-corrected chi connectivity index (χ1v) is 6.28. The minimum Gasteiger partial charge on any atom is -0.392 e. The van der Waals surface area contributed by atoms with E-state index < -0.39 is 17.7 Å². The highest BCUT2D eigenvalue weighted by molar-refractivity contribution is 6.07. The molecule has 1 fully saturated rings. The molecule has 0 radical (unpaired) electrons. The first-order valence-electron chi connectivity index (χ1n) is 6.28. The Morgan fingerprint density at radius 1 is 1.32 bits per heavy atom. The number of aliphatic hydroxyl groups excluding tert-OH is 1. The number of β-amino-alcohol motifs (C(OH)–C–C–N with tert-alkyl or cyclic N) is 1. The van der Waals surface area contributed by atoms with E-state index in [9.17, 15) is 14.7 Å². The second kappa shape index (κ2) is 5.01. The molecular weight excluding hydrogens is 244 g/mol. The fourth-order valence-corrected chi connectivity index (χ4v) is 2.30. The molecule has 1 aliphatic heterocycles. The van der Waals surface area contributed by atoms with Crippen LogP contribution in [0.25, 0.3) is 0 Å². The van der Waals surface area contributed by atoms with Gasteiger partial charge in [0, 0.05) is 6.42 Å². The summed E-state index contributed by atoms with van der Waals surface area (Å²) in [5, 5.41) is 12.0. The molecule has 102 valence electrons. The number of amides is 3. The summed E-state index contributed by atoms with van der Waals surface area (Å²) in [6, 6.07) is 9.09. The number of hydrogen-bond acceptors (Lipinski definition) is 3. The summed E-state index contributed by atoms with van der Waals surface area (Å²) in [5.74, 6) is -0.290. The van der Waals surface area contributed by atoms with Crippen LogP contribution in [0.4, 0.5) is 4.79 Å². The van der Waals surface area contributed by atoms with Gasteiger partial charge in [0.2, 0.25) is 0 Å². The highest BCUT2D eigenvalue weighted by atomic mass is 16.3. The minimum atomic E-state index is -0.937. The quantitative estimate of drug-likeness (QED) is 0.793. The maximum Gasteiger partial charge on any atom is 0.325 e. The number of imide groups is 1. The highest BCUT2D eigenvalue weighted by Crippen LogP contribution is 2.22. The van der Waals surface area contributed by atoms with Crippen molar-refractivity contribution in [3.63, 3.8) is 0 Å². The number of nitrogens with one attached hydrogen (secondary N) is 1. The van der Waals surface area contributed by atoms with Gasteiger partial charge in [0.25, 0.3) is 5.91 Å². The van der Waals surface area contributed by atoms with Crippen molar-refractivity contribution < 1.29 is 14.7 Å². The van der Waals surface area contributed by atoms with Gasteiger partial charge in [-0.05, 0) is 19.4 Å². The number of aliphatic hydroxyl groups is 1. The third-order valence-corrected chi connectivity index (χ3v) is 3.19. The lowest BCUT2D eigenvalue weighted by atomic mass is 9.93. The number of rotatable bonds is 4. The molecule has 1 aromatic carbocycles. The molecule has 0 aromatic heterocycles. The molecule has 5 nitrogen and oxygen atoms in total. The molecule has 3 amide bonds. The van der Waals surface area contributed by atoms with E-state index in [0.717, 1.165) is 10.5 Å². The minimum absolute atomic E-state index is 0.0229. The molecule has 2 rings (SSSR count). The summed E-state index contributed by atoms with van der Waals surface area (Å²) in [5.41, 5.74) is 0.0467. The lowest BCUT2D eigenvalue weighted by molar-refractivity contribution is -0.131. The van der Waals surface area contributed by atoms with E-state index in [1.54, 1.807) is 13.8 Å². The van der Waals surface area contributed by atoms with Gasteiger partial charge in [0.15, 0.2) is 0 Å². The molecule has 0 saturated carbocycles. The summed E-state index contributed by atoms with van der Waals surface area (Å²) in [6.45, 7) is 3.28. The Labute approximate surface area is 112 Å². The first kappa shape index (κ1) is 13.5. The topological polar surface area (TPSA) is 69.6 Å². The Kier molecular flexibility index (Phi) is 3.57. The standard InChI is InChI=1S/C14H18N2O3/c1-10(17)9-16-12(18)14(2,15-13(16)19)8-11-6-4-3-5-7-11/h3-7,10,17H,8-9H2,1-2H3,(H,15,19). The van der Waals surface area contributed by atoms with Crippen LogP contribution in [-0.4, -0.2) is 40.1 Å². The second-order valence-corrected chi connectivity index (χ2v) is 5.19.